The van der Waals surface area contributed by atoms with Crippen LogP contribution in [0.1, 0.15) is 12.5 Å². The summed E-state index contributed by atoms with van der Waals surface area (Å²) in [7, 11) is 1.76. The summed E-state index contributed by atoms with van der Waals surface area (Å²) in [4.78, 5) is 13.3. The fourth-order valence-electron chi connectivity index (χ4n) is 1.16. The van der Waals surface area contributed by atoms with Crippen LogP contribution < -0.4 is 0 Å². The normalized spacial score (nSPS) is 12.5. The molecule has 0 saturated carbocycles. The Morgan fingerprint density at radius 2 is 2.50 bits per heavy atom. The van der Waals surface area contributed by atoms with Crippen molar-refractivity contribution in [2.45, 2.75) is 13.5 Å². The first kappa shape index (κ1) is 11.0. The van der Waals surface area contributed by atoms with Gasteiger partial charge >= 0.3 is 0 Å². The van der Waals surface area contributed by atoms with Gasteiger partial charge in [-0.1, -0.05) is 6.92 Å². The topological polar surface area (TPSA) is 49.0 Å². The number of nitrogens with one attached hydrogen (secondary N) is 1. The molecule has 0 saturated heterocycles. The highest BCUT2D eigenvalue weighted by Gasteiger charge is 2.16. The van der Waals surface area contributed by atoms with Crippen LogP contribution in [0, 0.1) is 5.92 Å². The van der Waals surface area contributed by atoms with E-state index in [1.807, 2.05) is 6.92 Å². The predicted molar refractivity (Wildman–Crippen MR) is 54.9 cm³/mol. The van der Waals surface area contributed by atoms with E-state index in [1.165, 1.54) is 0 Å². The number of hydrogen-bond acceptors (Lipinski definition) is 2. The van der Waals surface area contributed by atoms with Crippen molar-refractivity contribution in [2.24, 2.45) is 5.92 Å². The summed E-state index contributed by atoms with van der Waals surface area (Å²) in [5.41, 5.74) is 0.989. The number of nitrogens with zero attached hydrogens (tertiary/aromatic N) is 2. The number of carbonyl (C=O) groups excluding carboxylic acids is 1. The summed E-state index contributed by atoms with van der Waals surface area (Å²) < 4.78 is 0. The van der Waals surface area contributed by atoms with Crippen LogP contribution in [0.15, 0.2) is 12.4 Å². The van der Waals surface area contributed by atoms with Crippen molar-refractivity contribution in [1.29, 1.82) is 0 Å². The van der Waals surface area contributed by atoms with E-state index in [2.05, 4.69) is 10.2 Å². The van der Waals surface area contributed by atoms with E-state index < -0.39 is 0 Å². The minimum Gasteiger partial charge on any atom is -0.341 e. The van der Waals surface area contributed by atoms with Crippen LogP contribution in [0.25, 0.3) is 0 Å². The van der Waals surface area contributed by atoms with Crippen LogP contribution in [0.5, 0.6) is 0 Å². The summed E-state index contributed by atoms with van der Waals surface area (Å²) in [6.45, 7) is 2.39. The van der Waals surface area contributed by atoms with Crippen molar-refractivity contribution in [3.63, 3.8) is 0 Å². The zero-order valence-electron chi connectivity index (χ0n) is 8.33. The van der Waals surface area contributed by atoms with Crippen molar-refractivity contribution < 1.29 is 4.79 Å². The molecule has 14 heavy (non-hydrogen) atoms. The average Bonchev–Trinajstić information content (AvgIpc) is 2.68. The minimum absolute atomic E-state index is 0.0567. The number of halogens is 1. The quantitative estimate of drug-likeness (QED) is 0.769. The third-order valence-corrected chi connectivity index (χ3v) is 2.47. The number of aromatic amines is 1. The van der Waals surface area contributed by atoms with Gasteiger partial charge in [-0.15, -0.1) is 11.6 Å². The highest BCUT2D eigenvalue weighted by molar-refractivity contribution is 6.19. The number of aromatic nitrogens is 2. The van der Waals surface area contributed by atoms with Gasteiger partial charge in [-0.2, -0.15) is 5.10 Å². The van der Waals surface area contributed by atoms with E-state index in [-0.39, 0.29) is 11.8 Å². The summed E-state index contributed by atoms with van der Waals surface area (Å²) in [5, 5.41) is 6.51. The maximum atomic E-state index is 11.6. The lowest BCUT2D eigenvalue weighted by Gasteiger charge is -2.19. The molecule has 1 aromatic rings. The second-order valence-electron chi connectivity index (χ2n) is 3.36. The molecule has 0 bridgehead atoms. The molecule has 5 heteroatoms. The molecule has 78 valence electrons. The Kier molecular flexibility index (Phi) is 3.95. The lowest BCUT2D eigenvalue weighted by Crippen LogP contribution is -2.31. The fraction of sp³-hybridized carbons (Fsp3) is 0.556. The van der Waals surface area contributed by atoms with Crippen molar-refractivity contribution in [3.05, 3.63) is 18.0 Å². The Morgan fingerprint density at radius 1 is 1.79 bits per heavy atom. The highest BCUT2D eigenvalue weighted by Crippen LogP contribution is 2.06. The van der Waals surface area contributed by atoms with Crippen molar-refractivity contribution in [3.8, 4) is 0 Å². The van der Waals surface area contributed by atoms with E-state index >= 15 is 0 Å². The molecular formula is C9H14ClN3O. The van der Waals surface area contributed by atoms with Gasteiger partial charge < -0.3 is 4.90 Å². The molecule has 0 aliphatic carbocycles. The molecule has 0 spiro atoms. The van der Waals surface area contributed by atoms with Gasteiger partial charge in [0.1, 0.15) is 0 Å². The monoisotopic (exact) mass is 215 g/mol. The number of rotatable bonds is 4. The van der Waals surface area contributed by atoms with Crippen LogP contribution >= 0.6 is 11.6 Å². The van der Waals surface area contributed by atoms with Gasteiger partial charge in [0.05, 0.1) is 6.20 Å². The van der Waals surface area contributed by atoms with Crippen LogP contribution in [-0.4, -0.2) is 33.9 Å². The summed E-state index contributed by atoms with van der Waals surface area (Å²) in [6.07, 6.45) is 3.48. The molecule has 1 N–H and O–H groups in total. The van der Waals surface area contributed by atoms with E-state index in [0.717, 1.165) is 5.56 Å². The molecule has 1 atom stereocenters. The molecular weight excluding hydrogens is 202 g/mol. The third-order valence-electron chi connectivity index (χ3n) is 2.00. The second-order valence-corrected chi connectivity index (χ2v) is 3.66. The Labute approximate surface area is 88.2 Å². The van der Waals surface area contributed by atoms with Gasteiger partial charge in [-0.3, -0.25) is 9.89 Å². The van der Waals surface area contributed by atoms with E-state index in [1.54, 1.807) is 24.3 Å². The van der Waals surface area contributed by atoms with Crippen LogP contribution in [-0.2, 0) is 11.3 Å². The average molecular weight is 216 g/mol. The van der Waals surface area contributed by atoms with E-state index in [9.17, 15) is 4.79 Å². The maximum absolute atomic E-state index is 11.6. The van der Waals surface area contributed by atoms with Crippen LogP contribution in [0.3, 0.4) is 0 Å². The SMILES string of the molecule is CC(CCl)C(=O)N(C)Cc1cn[nH]c1. The smallest absolute Gasteiger partial charge is 0.226 e. The van der Waals surface area contributed by atoms with Gasteiger partial charge in [-0.25, -0.2) is 0 Å². The molecule has 1 amide bonds. The number of alkyl halides is 1. The predicted octanol–water partition coefficient (Wildman–Crippen LogP) is 1.24. The van der Waals surface area contributed by atoms with Crippen LogP contribution in [0.2, 0.25) is 0 Å². The van der Waals surface area contributed by atoms with Gasteiger partial charge in [0.2, 0.25) is 5.91 Å². The molecule has 4 nitrogen and oxygen atoms in total. The summed E-state index contributed by atoms with van der Waals surface area (Å²) >= 11 is 5.61. The lowest BCUT2D eigenvalue weighted by atomic mass is 10.2. The number of amides is 1. The summed E-state index contributed by atoms with van der Waals surface area (Å²) in [5.74, 6) is 0.281. The molecule has 0 radical (unpaired) electrons. The van der Waals surface area contributed by atoms with Gasteiger partial charge in [0, 0.05) is 37.2 Å². The Hall–Kier alpha value is -1.03. The van der Waals surface area contributed by atoms with Crippen molar-refractivity contribution in [1.82, 2.24) is 15.1 Å². The maximum Gasteiger partial charge on any atom is 0.226 e. The van der Waals surface area contributed by atoms with Crippen LogP contribution in [0.4, 0.5) is 0 Å². The van der Waals surface area contributed by atoms with Crippen molar-refractivity contribution >= 4 is 17.5 Å². The first-order valence-corrected chi connectivity index (χ1v) is 4.97. The van der Waals surface area contributed by atoms with Gasteiger partial charge in [-0.05, 0) is 0 Å². The molecule has 0 aliphatic heterocycles. The Morgan fingerprint density at radius 3 is 3.00 bits per heavy atom. The zero-order valence-corrected chi connectivity index (χ0v) is 9.08. The largest absolute Gasteiger partial charge is 0.341 e. The van der Waals surface area contributed by atoms with E-state index in [4.69, 9.17) is 11.6 Å². The Bertz CT molecular complexity index is 286. The zero-order chi connectivity index (χ0) is 10.6. The molecule has 1 rings (SSSR count). The van der Waals surface area contributed by atoms with Gasteiger partial charge in [0.15, 0.2) is 0 Å². The summed E-state index contributed by atoms with van der Waals surface area (Å²) in [6, 6.07) is 0. The lowest BCUT2D eigenvalue weighted by molar-refractivity contribution is -0.133. The third kappa shape index (κ3) is 2.73. The Balaban J connectivity index is 2.50. The second kappa shape index (κ2) is 5.00. The number of hydrogen-bond donors (Lipinski definition) is 1. The molecule has 1 heterocycles. The number of carbonyl (C=O) groups is 1. The molecule has 1 aromatic heterocycles. The van der Waals surface area contributed by atoms with E-state index in [0.29, 0.717) is 12.4 Å². The minimum atomic E-state index is -0.131. The first-order valence-electron chi connectivity index (χ1n) is 4.43. The fourth-order valence-corrected chi connectivity index (χ4v) is 1.29. The van der Waals surface area contributed by atoms with Gasteiger partial charge in [0.25, 0.3) is 0 Å². The molecule has 1 unspecified atom stereocenters. The van der Waals surface area contributed by atoms with Crippen molar-refractivity contribution in [2.75, 3.05) is 12.9 Å². The highest BCUT2D eigenvalue weighted by atomic mass is 35.5. The molecule has 0 aromatic carbocycles. The molecule has 0 aliphatic rings. The standard InChI is InChI=1S/C9H14ClN3O/c1-7(3-10)9(14)13(2)6-8-4-11-12-5-8/h4-5,7H,3,6H2,1-2H3,(H,11,12). The molecule has 0 fully saturated rings. The number of H-pyrrole nitrogens is 1. The first-order chi connectivity index (χ1) is 6.65.